The van der Waals surface area contributed by atoms with Crippen LogP contribution in [0, 0.1) is 0 Å². The van der Waals surface area contributed by atoms with Crippen LogP contribution in [0.1, 0.15) is 11.1 Å². The number of carbonyl (C=O) groups excluding carboxylic acids is 2. The first-order valence-electron chi connectivity index (χ1n) is 11.6. The molecule has 0 bridgehead atoms. The number of amides is 2. The Balaban J connectivity index is 2.03. The number of ether oxygens (including phenoxy) is 1. The highest BCUT2D eigenvalue weighted by Gasteiger charge is 2.32. The van der Waals surface area contributed by atoms with Crippen LogP contribution in [0.5, 0.6) is 5.75 Å². The summed E-state index contributed by atoms with van der Waals surface area (Å²) >= 11 is 9.69. The third-order valence-corrected chi connectivity index (χ3v) is 7.79. The molecular formula is C27H29BrClN3O5S. The van der Waals surface area contributed by atoms with Gasteiger partial charge in [-0.25, -0.2) is 8.42 Å². The Kier molecular flexibility index (Phi) is 10.2. The number of nitrogens with zero attached hydrogens (tertiary/aromatic N) is 2. The molecule has 0 saturated carbocycles. The van der Waals surface area contributed by atoms with E-state index in [0.29, 0.717) is 5.75 Å². The number of nitrogens with one attached hydrogen (secondary N) is 1. The molecule has 0 spiro atoms. The second-order valence-corrected chi connectivity index (χ2v) is 11.8. The van der Waals surface area contributed by atoms with Crippen LogP contribution in [0.15, 0.2) is 77.3 Å². The lowest BCUT2D eigenvalue weighted by Crippen LogP contribution is -2.52. The third-order valence-electron chi connectivity index (χ3n) is 5.86. The topological polar surface area (TPSA) is 96.0 Å². The number of rotatable bonds is 11. The van der Waals surface area contributed by atoms with Crippen LogP contribution in [0.3, 0.4) is 0 Å². The molecule has 3 rings (SSSR count). The third kappa shape index (κ3) is 7.72. The summed E-state index contributed by atoms with van der Waals surface area (Å²) in [4.78, 5) is 28.4. The highest BCUT2D eigenvalue weighted by molar-refractivity contribution is 9.10. The van der Waals surface area contributed by atoms with Gasteiger partial charge in [0.15, 0.2) is 0 Å². The number of hydrogen-bond donors (Lipinski definition) is 1. The van der Waals surface area contributed by atoms with Gasteiger partial charge < -0.3 is 15.0 Å². The van der Waals surface area contributed by atoms with E-state index in [1.807, 2.05) is 54.6 Å². The molecule has 2 amide bonds. The van der Waals surface area contributed by atoms with Crippen molar-refractivity contribution in [1.29, 1.82) is 0 Å². The lowest BCUT2D eigenvalue weighted by Gasteiger charge is -2.33. The van der Waals surface area contributed by atoms with Crippen molar-refractivity contribution in [3.63, 3.8) is 0 Å². The minimum absolute atomic E-state index is 0.0875. The standard InChI is InChI=1S/C27H29BrClN3O5S/c1-30-27(34)24(15-19-8-5-4-6-9-19)31(17-20-10-7-11-21(28)14-20)26(33)18-32(38(3,35)36)22-12-13-25(37-2)23(29)16-22/h4-14,16,24H,15,17-18H2,1-3H3,(H,30,34)/t24-/m1/s1. The highest BCUT2D eigenvalue weighted by atomic mass is 79.9. The van der Waals surface area contributed by atoms with Crippen LogP contribution in [0.25, 0.3) is 0 Å². The van der Waals surface area contributed by atoms with Gasteiger partial charge in [0, 0.05) is 24.5 Å². The largest absolute Gasteiger partial charge is 0.495 e. The molecule has 0 saturated heterocycles. The second kappa shape index (κ2) is 13.1. The number of sulfonamides is 1. The summed E-state index contributed by atoms with van der Waals surface area (Å²) < 4.78 is 32.6. The van der Waals surface area contributed by atoms with Gasteiger partial charge in [0.2, 0.25) is 21.8 Å². The van der Waals surface area contributed by atoms with E-state index in [1.54, 1.807) is 0 Å². The van der Waals surface area contributed by atoms with E-state index in [1.165, 1.54) is 37.3 Å². The molecule has 3 aromatic rings. The van der Waals surface area contributed by atoms with Gasteiger partial charge in [-0.1, -0.05) is 70.0 Å². The summed E-state index contributed by atoms with van der Waals surface area (Å²) in [5, 5.41) is 2.85. The first kappa shape index (κ1) is 29.5. The number of benzene rings is 3. The maximum absolute atomic E-state index is 13.9. The number of carbonyl (C=O) groups is 2. The van der Waals surface area contributed by atoms with Gasteiger partial charge in [-0.05, 0) is 41.5 Å². The van der Waals surface area contributed by atoms with Crippen molar-refractivity contribution in [2.45, 2.75) is 19.0 Å². The van der Waals surface area contributed by atoms with Crippen molar-refractivity contribution in [3.8, 4) is 5.75 Å². The summed E-state index contributed by atoms with van der Waals surface area (Å²) in [5.74, 6) is -0.545. The number of methoxy groups -OCH3 is 1. The molecule has 1 atom stereocenters. The van der Waals surface area contributed by atoms with Crippen LogP contribution in [0.2, 0.25) is 5.02 Å². The van der Waals surface area contributed by atoms with Crippen molar-refractivity contribution in [2.75, 3.05) is 31.3 Å². The molecule has 38 heavy (non-hydrogen) atoms. The van der Waals surface area contributed by atoms with Crippen LogP contribution >= 0.6 is 27.5 Å². The van der Waals surface area contributed by atoms with Gasteiger partial charge in [0.1, 0.15) is 18.3 Å². The van der Waals surface area contributed by atoms with Gasteiger partial charge in [-0.15, -0.1) is 0 Å². The Bertz CT molecular complexity index is 1390. The van der Waals surface area contributed by atoms with Crippen LogP contribution < -0.4 is 14.4 Å². The fraction of sp³-hybridized carbons (Fsp3) is 0.259. The molecule has 0 fully saturated rings. The van der Waals surface area contributed by atoms with Gasteiger partial charge in [-0.3, -0.25) is 13.9 Å². The van der Waals surface area contributed by atoms with Gasteiger partial charge >= 0.3 is 0 Å². The van der Waals surface area contributed by atoms with E-state index in [4.69, 9.17) is 16.3 Å². The number of hydrogen-bond acceptors (Lipinski definition) is 5. The molecule has 0 aromatic heterocycles. The average Bonchev–Trinajstić information content (AvgIpc) is 2.88. The van der Waals surface area contributed by atoms with E-state index in [9.17, 15) is 18.0 Å². The van der Waals surface area contributed by atoms with Crippen LogP contribution in [-0.4, -0.2) is 58.1 Å². The molecule has 1 N–H and O–H groups in total. The molecule has 0 radical (unpaired) electrons. The summed E-state index contributed by atoms with van der Waals surface area (Å²) in [6.07, 6.45) is 1.25. The lowest BCUT2D eigenvalue weighted by atomic mass is 10.0. The monoisotopic (exact) mass is 621 g/mol. The van der Waals surface area contributed by atoms with Gasteiger partial charge in [0.25, 0.3) is 0 Å². The molecule has 0 unspecified atom stereocenters. The summed E-state index contributed by atoms with van der Waals surface area (Å²) in [5.41, 5.74) is 1.83. The predicted octanol–water partition coefficient (Wildman–Crippen LogP) is 4.26. The Labute approximate surface area is 236 Å². The van der Waals surface area contributed by atoms with Gasteiger partial charge in [0.05, 0.1) is 24.1 Å². The molecule has 0 aliphatic rings. The van der Waals surface area contributed by atoms with Crippen molar-refractivity contribution in [1.82, 2.24) is 10.2 Å². The molecular weight excluding hydrogens is 594 g/mol. The predicted molar refractivity (Wildman–Crippen MR) is 153 cm³/mol. The van der Waals surface area contributed by atoms with Gasteiger partial charge in [-0.2, -0.15) is 0 Å². The molecule has 0 heterocycles. The normalized spacial score (nSPS) is 11.9. The Morgan fingerprint density at radius 2 is 1.71 bits per heavy atom. The number of anilines is 1. The average molecular weight is 623 g/mol. The minimum atomic E-state index is -3.89. The number of likely N-dealkylation sites (N-methyl/N-ethyl adjacent to an activating group) is 1. The zero-order chi connectivity index (χ0) is 27.9. The maximum Gasteiger partial charge on any atom is 0.244 e. The van der Waals surface area contributed by atoms with Crippen molar-refractivity contribution in [2.24, 2.45) is 0 Å². The smallest absolute Gasteiger partial charge is 0.244 e. The summed E-state index contributed by atoms with van der Waals surface area (Å²) in [6.45, 7) is -0.443. The lowest BCUT2D eigenvalue weighted by molar-refractivity contribution is -0.139. The van der Waals surface area contributed by atoms with Crippen LogP contribution in [-0.2, 0) is 32.6 Å². The van der Waals surface area contributed by atoms with E-state index >= 15 is 0 Å². The number of halogens is 2. The van der Waals surface area contributed by atoms with E-state index in [2.05, 4.69) is 21.2 Å². The molecule has 3 aromatic carbocycles. The van der Waals surface area contributed by atoms with Crippen LogP contribution in [0.4, 0.5) is 5.69 Å². The quantitative estimate of drug-likeness (QED) is 0.345. The fourth-order valence-corrected chi connectivity index (χ4v) is 5.52. The molecule has 11 heteroatoms. The Morgan fingerprint density at radius 1 is 1.03 bits per heavy atom. The Hall–Kier alpha value is -3.08. The van der Waals surface area contributed by atoms with Crippen molar-refractivity contribution < 1.29 is 22.7 Å². The minimum Gasteiger partial charge on any atom is -0.495 e. The molecule has 0 aliphatic heterocycles. The van der Waals surface area contributed by atoms with Crippen molar-refractivity contribution in [3.05, 3.63) is 93.4 Å². The molecule has 202 valence electrons. The summed E-state index contributed by atoms with van der Waals surface area (Å²) in [6, 6.07) is 20.3. The Morgan fingerprint density at radius 3 is 2.29 bits per heavy atom. The SMILES string of the molecule is CNC(=O)[C@@H](Cc1ccccc1)N(Cc1cccc(Br)c1)C(=O)CN(c1ccc(OC)c(Cl)c1)S(C)(=O)=O. The van der Waals surface area contributed by atoms with E-state index in [0.717, 1.165) is 26.2 Å². The fourth-order valence-electron chi connectivity index (χ4n) is 3.98. The van der Waals surface area contributed by atoms with E-state index in [-0.39, 0.29) is 29.6 Å². The van der Waals surface area contributed by atoms with Crippen molar-refractivity contribution >= 4 is 55.1 Å². The first-order valence-corrected chi connectivity index (χ1v) is 14.7. The maximum atomic E-state index is 13.9. The summed E-state index contributed by atoms with van der Waals surface area (Å²) in [7, 11) is -0.942. The zero-order valence-corrected chi connectivity index (χ0v) is 24.4. The zero-order valence-electron chi connectivity index (χ0n) is 21.2. The highest BCUT2D eigenvalue weighted by Crippen LogP contribution is 2.30. The second-order valence-electron chi connectivity index (χ2n) is 8.56. The molecule has 8 nitrogen and oxygen atoms in total. The first-order chi connectivity index (χ1) is 18.0. The molecule has 0 aliphatic carbocycles. The van der Waals surface area contributed by atoms with E-state index < -0.39 is 28.5 Å².